The zero-order valence-electron chi connectivity index (χ0n) is 20.2. The molecule has 2 saturated heterocycles. The Morgan fingerprint density at radius 2 is 1.57 bits per heavy atom. The number of benzene rings is 2. The molecule has 0 bridgehead atoms. The van der Waals surface area contributed by atoms with Crippen LogP contribution in [0.15, 0.2) is 54.6 Å². The number of hydrogen-bond acceptors (Lipinski definition) is 7. The van der Waals surface area contributed by atoms with Crippen LogP contribution in [0.25, 0.3) is 0 Å². The highest BCUT2D eigenvalue weighted by molar-refractivity contribution is 5.94. The minimum atomic E-state index is -1.19. The number of carbonyl (C=O) groups excluding carboxylic acids is 2. The van der Waals surface area contributed by atoms with Gasteiger partial charge in [-0.05, 0) is 36.4 Å². The fourth-order valence-corrected chi connectivity index (χ4v) is 4.52. The first-order valence-electron chi connectivity index (χ1n) is 12.0. The van der Waals surface area contributed by atoms with Crippen molar-refractivity contribution in [2.45, 2.75) is 30.8 Å². The molecular formula is C26H34N4O5. The molecule has 4 unspecified atom stereocenters. The van der Waals surface area contributed by atoms with Crippen LogP contribution < -0.4 is 15.1 Å². The van der Waals surface area contributed by atoms with Crippen LogP contribution in [0.3, 0.4) is 0 Å². The molecule has 9 heteroatoms. The van der Waals surface area contributed by atoms with Crippen LogP contribution >= 0.6 is 0 Å². The topological polar surface area (TPSA) is 106 Å². The third-order valence-corrected chi connectivity index (χ3v) is 6.70. The number of amides is 2. The Labute approximate surface area is 205 Å². The van der Waals surface area contributed by atoms with Crippen molar-refractivity contribution in [2.24, 2.45) is 0 Å². The summed E-state index contributed by atoms with van der Waals surface area (Å²) in [6.07, 6.45) is -3.99. The second-order valence-electron chi connectivity index (χ2n) is 9.25. The number of aliphatic hydroxyl groups excluding tert-OH is 2. The van der Waals surface area contributed by atoms with Gasteiger partial charge in [0.25, 0.3) is 5.91 Å². The van der Waals surface area contributed by atoms with Gasteiger partial charge in [-0.3, -0.25) is 9.59 Å². The summed E-state index contributed by atoms with van der Waals surface area (Å²) in [4.78, 5) is 31.3. The zero-order chi connectivity index (χ0) is 24.9. The van der Waals surface area contributed by atoms with E-state index >= 15 is 0 Å². The number of carbonyl (C=O) groups is 2. The SMILES string of the molecule is CN(C)c1ccc(C(=O)NCC2OC(CC(=O)N3CCN(c4ccccc4)CC3)C(O)C2O)cc1. The van der Waals surface area contributed by atoms with Crippen LogP contribution in [0.1, 0.15) is 16.8 Å². The van der Waals surface area contributed by atoms with Crippen molar-refractivity contribution in [1.29, 1.82) is 0 Å². The first kappa shape index (κ1) is 25.0. The van der Waals surface area contributed by atoms with Crippen LogP contribution in [0.2, 0.25) is 0 Å². The lowest BCUT2D eigenvalue weighted by Gasteiger charge is -2.36. The molecule has 0 aliphatic carbocycles. The normalized spacial score (nSPS) is 24.3. The zero-order valence-corrected chi connectivity index (χ0v) is 20.2. The molecule has 2 fully saturated rings. The lowest BCUT2D eigenvalue weighted by atomic mass is 10.0. The van der Waals surface area contributed by atoms with E-state index < -0.39 is 24.4 Å². The summed E-state index contributed by atoms with van der Waals surface area (Å²) in [7, 11) is 3.84. The van der Waals surface area contributed by atoms with E-state index in [1.807, 2.05) is 49.3 Å². The largest absolute Gasteiger partial charge is 0.388 e. The van der Waals surface area contributed by atoms with E-state index in [0.717, 1.165) is 24.5 Å². The molecule has 2 amide bonds. The van der Waals surface area contributed by atoms with Gasteiger partial charge in [-0.2, -0.15) is 0 Å². The Morgan fingerprint density at radius 3 is 2.20 bits per heavy atom. The van der Waals surface area contributed by atoms with Gasteiger partial charge in [-0.15, -0.1) is 0 Å². The lowest BCUT2D eigenvalue weighted by molar-refractivity contribution is -0.135. The van der Waals surface area contributed by atoms with E-state index in [9.17, 15) is 19.8 Å². The number of rotatable bonds is 7. The second kappa shape index (κ2) is 11.1. The number of ether oxygens (including phenoxy) is 1. The summed E-state index contributed by atoms with van der Waals surface area (Å²) in [5, 5.41) is 23.6. The smallest absolute Gasteiger partial charge is 0.251 e. The quantitative estimate of drug-likeness (QED) is 0.534. The van der Waals surface area contributed by atoms with Crippen molar-refractivity contribution < 1.29 is 24.5 Å². The first-order chi connectivity index (χ1) is 16.8. The van der Waals surface area contributed by atoms with Gasteiger partial charge < -0.3 is 35.0 Å². The fourth-order valence-electron chi connectivity index (χ4n) is 4.52. The summed E-state index contributed by atoms with van der Waals surface area (Å²) in [6.45, 7) is 2.68. The predicted molar refractivity (Wildman–Crippen MR) is 134 cm³/mol. The number of nitrogens with zero attached hydrogens (tertiary/aromatic N) is 3. The van der Waals surface area contributed by atoms with Gasteiger partial charge in [0.05, 0.1) is 12.5 Å². The Hall–Kier alpha value is -3.14. The van der Waals surface area contributed by atoms with Gasteiger partial charge >= 0.3 is 0 Å². The number of anilines is 2. The molecule has 2 aliphatic heterocycles. The molecule has 4 rings (SSSR count). The van der Waals surface area contributed by atoms with Crippen molar-refractivity contribution in [3.05, 3.63) is 60.2 Å². The van der Waals surface area contributed by atoms with E-state index in [-0.39, 0.29) is 24.8 Å². The molecule has 2 aliphatic rings. The molecule has 0 spiro atoms. The average molecular weight is 483 g/mol. The number of nitrogens with one attached hydrogen (secondary N) is 1. The van der Waals surface area contributed by atoms with E-state index in [1.54, 1.807) is 17.0 Å². The maximum absolute atomic E-state index is 12.8. The third-order valence-electron chi connectivity index (χ3n) is 6.70. The van der Waals surface area contributed by atoms with Crippen molar-refractivity contribution in [3.63, 3.8) is 0 Å². The summed E-state index contributed by atoms with van der Waals surface area (Å²) in [6, 6.07) is 17.2. The summed E-state index contributed by atoms with van der Waals surface area (Å²) < 4.78 is 5.80. The van der Waals surface area contributed by atoms with Crippen LogP contribution in [0.4, 0.5) is 11.4 Å². The van der Waals surface area contributed by atoms with Crippen molar-refractivity contribution >= 4 is 23.2 Å². The standard InChI is InChI=1S/C26H34N4O5/c1-28(2)19-10-8-18(9-11-19)26(34)27-17-22-25(33)24(32)21(35-22)16-23(31)30-14-12-29(13-15-30)20-6-4-3-5-7-20/h3-11,21-22,24-25,32-33H,12-17H2,1-2H3,(H,27,34). The molecule has 2 aromatic carbocycles. The lowest BCUT2D eigenvalue weighted by Crippen LogP contribution is -2.49. The number of aliphatic hydroxyl groups is 2. The molecule has 188 valence electrons. The van der Waals surface area contributed by atoms with Gasteiger partial charge in [-0.25, -0.2) is 0 Å². The summed E-state index contributed by atoms with van der Waals surface area (Å²) in [5.74, 6) is -0.406. The van der Waals surface area contributed by atoms with Gasteiger partial charge in [-0.1, -0.05) is 18.2 Å². The van der Waals surface area contributed by atoms with Crippen LogP contribution in [-0.4, -0.2) is 98.2 Å². The highest BCUT2D eigenvalue weighted by Crippen LogP contribution is 2.25. The Morgan fingerprint density at radius 1 is 0.943 bits per heavy atom. The molecule has 0 radical (unpaired) electrons. The molecule has 2 aromatic rings. The van der Waals surface area contributed by atoms with E-state index in [2.05, 4.69) is 22.3 Å². The molecule has 35 heavy (non-hydrogen) atoms. The van der Waals surface area contributed by atoms with E-state index in [1.165, 1.54) is 0 Å². The monoisotopic (exact) mass is 482 g/mol. The fraction of sp³-hybridized carbons (Fsp3) is 0.462. The first-order valence-corrected chi connectivity index (χ1v) is 12.0. The Bertz CT molecular complexity index is 993. The summed E-state index contributed by atoms with van der Waals surface area (Å²) >= 11 is 0. The molecular weight excluding hydrogens is 448 g/mol. The average Bonchev–Trinajstić information content (AvgIpc) is 3.15. The van der Waals surface area contributed by atoms with E-state index in [0.29, 0.717) is 18.7 Å². The van der Waals surface area contributed by atoms with Crippen molar-refractivity contribution in [3.8, 4) is 0 Å². The maximum Gasteiger partial charge on any atom is 0.251 e. The number of piperazine rings is 1. The Balaban J connectivity index is 1.25. The Kier molecular flexibility index (Phi) is 7.90. The molecule has 3 N–H and O–H groups in total. The molecule has 2 heterocycles. The van der Waals surface area contributed by atoms with Crippen LogP contribution in [-0.2, 0) is 9.53 Å². The molecule has 0 saturated carbocycles. The molecule has 0 aromatic heterocycles. The maximum atomic E-state index is 12.8. The second-order valence-corrected chi connectivity index (χ2v) is 9.25. The van der Waals surface area contributed by atoms with Gasteiger partial charge in [0.15, 0.2) is 0 Å². The van der Waals surface area contributed by atoms with Crippen LogP contribution in [0.5, 0.6) is 0 Å². The summed E-state index contributed by atoms with van der Waals surface area (Å²) in [5.41, 5.74) is 2.61. The molecule has 4 atom stereocenters. The van der Waals surface area contributed by atoms with Gasteiger partial charge in [0.1, 0.15) is 18.3 Å². The van der Waals surface area contributed by atoms with Gasteiger partial charge in [0, 0.05) is 63.8 Å². The minimum Gasteiger partial charge on any atom is -0.388 e. The van der Waals surface area contributed by atoms with Gasteiger partial charge in [0.2, 0.25) is 5.91 Å². The highest BCUT2D eigenvalue weighted by Gasteiger charge is 2.44. The predicted octanol–water partition coefficient (Wildman–Crippen LogP) is 0.711. The molecule has 9 nitrogen and oxygen atoms in total. The van der Waals surface area contributed by atoms with Crippen LogP contribution in [0, 0.1) is 0 Å². The minimum absolute atomic E-state index is 0.0139. The van der Waals surface area contributed by atoms with E-state index in [4.69, 9.17) is 4.74 Å². The third kappa shape index (κ3) is 5.93. The van der Waals surface area contributed by atoms with Crippen molar-refractivity contribution in [1.82, 2.24) is 10.2 Å². The highest BCUT2D eigenvalue weighted by atomic mass is 16.5. The number of para-hydroxylation sites is 1. The number of hydrogen-bond donors (Lipinski definition) is 3. The van der Waals surface area contributed by atoms with Crippen molar-refractivity contribution in [2.75, 3.05) is 56.6 Å².